The summed E-state index contributed by atoms with van der Waals surface area (Å²) < 4.78 is 13.8. The van der Waals surface area contributed by atoms with Crippen LogP contribution in [0.25, 0.3) is 0 Å². The molecular weight excluding hydrogens is 311 g/mol. The van der Waals surface area contributed by atoms with Gasteiger partial charge in [0.2, 0.25) is 5.91 Å². The third-order valence-corrected chi connectivity index (χ3v) is 3.51. The van der Waals surface area contributed by atoms with Gasteiger partial charge in [-0.15, -0.1) is 0 Å². The van der Waals surface area contributed by atoms with Crippen LogP contribution in [0.5, 0.6) is 0 Å². The molecule has 1 rings (SSSR count). The normalized spacial score (nSPS) is 12.5. The first-order chi connectivity index (χ1) is 8.92. The smallest absolute Gasteiger partial charge is 0.224 e. The average molecular weight is 331 g/mol. The van der Waals surface area contributed by atoms with Crippen molar-refractivity contribution in [2.45, 2.75) is 26.7 Å². The molecule has 106 valence electrons. The summed E-state index contributed by atoms with van der Waals surface area (Å²) in [6, 6.07) is 4.20. The van der Waals surface area contributed by atoms with E-state index in [0.29, 0.717) is 29.0 Å². The number of halogens is 2. The molecule has 0 heterocycles. The summed E-state index contributed by atoms with van der Waals surface area (Å²) in [5, 5.41) is 2.71. The van der Waals surface area contributed by atoms with Gasteiger partial charge in [-0.25, -0.2) is 4.39 Å². The van der Waals surface area contributed by atoms with Crippen LogP contribution in [0.3, 0.4) is 0 Å². The standard InChI is InChI=1S/C14H20BrFN2O/c1-9(2)5-10(8-17)6-14(19)18-13-7-11(16)3-4-12(13)15/h3-4,7,9-10H,5-6,8,17H2,1-2H3,(H,18,19). The van der Waals surface area contributed by atoms with E-state index in [-0.39, 0.29) is 17.6 Å². The molecule has 1 aromatic carbocycles. The highest BCUT2D eigenvalue weighted by molar-refractivity contribution is 9.10. The van der Waals surface area contributed by atoms with Crippen molar-refractivity contribution in [2.24, 2.45) is 17.6 Å². The van der Waals surface area contributed by atoms with Crippen molar-refractivity contribution in [3.05, 3.63) is 28.5 Å². The molecule has 0 fully saturated rings. The first kappa shape index (κ1) is 16.1. The third-order valence-electron chi connectivity index (χ3n) is 2.81. The van der Waals surface area contributed by atoms with Gasteiger partial charge < -0.3 is 11.1 Å². The topological polar surface area (TPSA) is 55.1 Å². The maximum atomic E-state index is 13.1. The molecule has 3 N–H and O–H groups in total. The molecule has 5 heteroatoms. The minimum atomic E-state index is -0.379. The fraction of sp³-hybridized carbons (Fsp3) is 0.500. The molecule has 0 aliphatic rings. The van der Waals surface area contributed by atoms with Gasteiger partial charge in [-0.2, -0.15) is 0 Å². The minimum Gasteiger partial charge on any atom is -0.330 e. The molecule has 3 nitrogen and oxygen atoms in total. The maximum absolute atomic E-state index is 13.1. The lowest BCUT2D eigenvalue weighted by molar-refractivity contribution is -0.117. The Kier molecular flexibility index (Phi) is 6.45. The van der Waals surface area contributed by atoms with Crippen molar-refractivity contribution in [1.29, 1.82) is 0 Å². The van der Waals surface area contributed by atoms with Crippen LogP contribution in [0.4, 0.5) is 10.1 Å². The van der Waals surface area contributed by atoms with Crippen LogP contribution in [-0.2, 0) is 4.79 Å². The molecule has 19 heavy (non-hydrogen) atoms. The predicted octanol–water partition coefficient (Wildman–Crippen LogP) is 3.54. The zero-order valence-corrected chi connectivity index (χ0v) is 12.8. The second-order valence-corrected chi connectivity index (χ2v) is 5.96. The highest BCUT2D eigenvalue weighted by atomic mass is 79.9. The van der Waals surface area contributed by atoms with E-state index >= 15 is 0 Å². The van der Waals surface area contributed by atoms with Crippen molar-refractivity contribution in [1.82, 2.24) is 0 Å². The van der Waals surface area contributed by atoms with Gasteiger partial charge in [0.1, 0.15) is 5.82 Å². The van der Waals surface area contributed by atoms with Crippen molar-refractivity contribution >= 4 is 27.5 Å². The van der Waals surface area contributed by atoms with Crippen LogP contribution < -0.4 is 11.1 Å². The van der Waals surface area contributed by atoms with Crippen molar-refractivity contribution in [3.8, 4) is 0 Å². The van der Waals surface area contributed by atoms with E-state index in [0.717, 1.165) is 6.42 Å². The van der Waals surface area contributed by atoms with Crippen LogP contribution in [0.15, 0.2) is 22.7 Å². The first-order valence-electron chi connectivity index (χ1n) is 6.37. The lowest BCUT2D eigenvalue weighted by Crippen LogP contribution is -2.23. The molecule has 0 aliphatic carbocycles. The van der Waals surface area contributed by atoms with Crippen LogP contribution in [0.1, 0.15) is 26.7 Å². The Balaban J connectivity index is 2.61. The third kappa shape index (κ3) is 5.70. The molecule has 0 aromatic heterocycles. The lowest BCUT2D eigenvalue weighted by atomic mass is 9.94. The summed E-state index contributed by atoms with van der Waals surface area (Å²) in [4.78, 5) is 11.9. The lowest BCUT2D eigenvalue weighted by Gasteiger charge is -2.17. The van der Waals surface area contributed by atoms with Gasteiger partial charge in [-0.3, -0.25) is 4.79 Å². The molecule has 1 unspecified atom stereocenters. The Labute approximate surface area is 121 Å². The molecule has 0 radical (unpaired) electrons. The number of rotatable bonds is 6. The highest BCUT2D eigenvalue weighted by Gasteiger charge is 2.15. The quantitative estimate of drug-likeness (QED) is 0.838. The number of amides is 1. The summed E-state index contributed by atoms with van der Waals surface area (Å²) in [7, 11) is 0. The average Bonchev–Trinajstić information content (AvgIpc) is 2.32. The van der Waals surface area contributed by atoms with Gasteiger partial charge in [0.15, 0.2) is 0 Å². The van der Waals surface area contributed by atoms with E-state index in [4.69, 9.17) is 5.73 Å². The molecule has 1 aromatic rings. The Morgan fingerprint density at radius 3 is 2.74 bits per heavy atom. The Bertz CT molecular complexity index is 437. The number of benzene rings is 1. The molecule has 1 atom stereocenters. The van der Waals surface area contributed by atoms with Crippen LogP contribution in [0.2, 0.25) is 0 Å². The second-order valence-electron chi connectivity index (χ2n) is 5.11. The van der Waals surface area contributed by atoms with Gasteiger partial charge in [-0.05, 0) is 58.9 Å². The summed E-state index contributed by atoms with van der Waals surface area (Å²) in [6.07, 6.45) is 1.27. The molecule has 1 amide bonds. The van der Waals surface area contributed by atoms with Crippen LogP contribution in [0, 0.1) is 17.7 Å². The Morgan fingerprint density at radius 2 is 2.16 bits per heavy atom. The van der Waals surface area contributed by atoms with Gasteiger partial charge in [0.25, 0.3) is 0 Å². The predicted molar refractivity (Wildman–Crippen MR) is 79.3 cm³/mol. The largest absolute Gasteiger partial charge is 0.330 e. The molecule has 0 bridgehead atoms. The van der Waals surface area contributed by atoms with Crippen LogP contribution >= 0.6 is 15.9 Å². The summed E-state index contributed by atoms with van der Waals surface area (Å²) in [5.41, 5.74) is 6.12. The summed E-state index contributed by atoms with van der Waals surface area (Å²) in [5.74, 6) is 0.146. The SMILES string of the molecule is CC(C)CC(CN)CC(=O)Nc1cc(F)ccc1Br. The number of nitrogens with two attached hydrogens (primary N) is 1. The number of carbonyl (C=O) groups excluding carboxylic acids is 1. The number of hydrogen-bond donors (Lipinski definition) is 2. The van der Waals surface area contributed by atoms with Gasteiger partial charge >= 0.3 is 0 Å². The molecular formula is C14H20BrFN2O. The highest BCUT2D eigenvalue weighted by Crippen LogP contribution is 2.24. The van der Waals surface area contributed by atoms with E-state index < -0.39 is 0 Å². The van der Waals surface area contributed by atoms with Crippen LogP contribution in [-0.4, -0.2) is 12.5 Å². The van der Waals surface area contributed by atoms with E-state index in [1.54, 1.807) is 6.07 Å². The zero-order chi connectivity index (χ0) is 14.4. The molecule has 0 spiro atoms. The number of anilines is 1. The summed E-state index contributed by atoms with van der Waals surface area (Å²) >= 11 is 3.28. The van der Waals surface area contributed by atoms with Crippen molar-refractivity contribution < 1.29 is 9.18 Å². The minimum absolute atomic E-state index is 0.137. The van der Waals surface area contributed by atoms with Crippen molar-refractivity contribution in [3.63, 3.8) is 0 Å². The number of carbonyl (C=O) groups is 1. The Hall–Kier alpha value is -0.940. The van der Waals surface area contributed by atoms with E-state index in [2.05, 4.69) is 35.1 Å². The van der Waals surface area contributed by atoms with Gasteiger partial charge in [0.05, 0.1) is 5.69 Å². The fourth-order valence-corrected chi connectivity index (χ4v) is 2.33. The zero-order valence-electron chi connectivity index (χ0n) is 11.2. The number of nitrogens with one attached hydrogen (secondary N) is 1. The molecule has 0 aliphatic heterocycles. The molecule has 0 saturated carbocycles. The second kappa shape index (κ2) is 7.60. The molecule has 0 saturated heterocycles. The van der Waals surface area contributed by atoms with E-state index in [9.17, 15) is 9.18 Å². The van der Waals surface area contributed by atoms with Crippen molar-refractivity contribution in [2.75, 3.05) is 11.9 Å². The first-order valence-corrected chi connectivity index (χ1v) is 7.16. The van der Waals surface area contributed by atoms with Gasteiger partial charge in [0, 0.05) is 10.9 Å². The summed E-state index contributed by atoms with van der Waals surface area (Å²) in [6.45, 7) is 4.68. The van der Waals surface area contributed by atoms with E-state index in [1.165, 1.54) is 12.1 Å². The Morgan fingerprint density at radius 1 is 1.47 bits per heavy atom. The number of hydrogen-bond acceptors (Lipinski definition) is 2. The maximum Gasteiger partial charge on any atom is 0.224 e. The van der Waals surface area contributed by atoms with E-state index in [1.807, 2.05) is 0 Å². The fourth-order valence-electron chi connectivity index (χ4n) is 1.99. The monoisotopic (exact) mass is 330 g/mol. The van der Waals surface area contributed by atoms with Gasteiger partial charge in [-0.1, -0.05) is 13.8 Å².